The van der Waals surface area contributed by atoms with Crippen molar-refractivity contribution in [1.82, 2.24) is 0 Å². The monoisotopic (exact) mass is 240 g/mol. The molecule has 0 fully saturated rings. The Kier molecular flexibility index (Phi) is 6.53. The predicted molar refractivity (Wildman–Crippen MR) is 68.8 cm³/mol. The van der Waals surface area contributed by atoms with Crippen molar-refractivity contribution < 1.29 is 9.47 Å². The minimum atomic E-state index is -0.226. The van der Waals surface area contributed by atoms with Crippen LogP contribution in [0, 0.1) is 0 Å². The van der Waals surface area contributed by atoms with Gasteiger partial charge in [0.15, 0.2) is 6.29 Å². The first-order chi connectivity index (χ1) is 7.81. The summed E-state index contributed by atoms with van der Waals surface area (Å²) in [5, 5.41) is 0. The van der Waals surface area contributed by atoms with Gasteiger partial charge in [0.1, 0.15) is 0 Å². The van der Waals surface area contributed by atoms with Gasteiger partial charge in [0.25, 0.3) is 0 Å². The van der Waals surface area contributed by atoms with Gasteiger partial charge in [-0.15, -0.1) is 11.8 Å². The van der Waals surface area contributed by atoms with Crippen molar-refractivity contribution in [1.29, 1.82) is 0 Å². The summed E-state index contributed by atoms with van der Waals surface area (Å²) in [4.78, 5) is 1.29. The van der Waals surface area contributed by atoms with E-state index >= 15 is 0 Å². The number of thioether (sulfide) groups is 1. The average molecular weight is 240 g/mol. The summed E-state index contributed by atoms with van der Waals surface area (Å²) in [5.41, 5.74) is 1.09. The van der Waals surface area contributed by atoms with E-state index in [0.29, 0.717) is 13.2 Å². The van der Waals surface area contributed by atoms with Gasteiger partial charge in [0.05, 0.1) is 0 Å². The van der Waals surface area contributed by atoms with Crippen LogP contribution in [0.4, 0.5) is 0 Å². The number of hydrogen-bond acceptors (Lipinski definition) is 3. The molecule has 0 saturated heterocycles. The lowest BCUT2D eigenvalue weighted by molar-refractivity contribution is -0.140. The van der Waals surface area contributed by atoms with Gasteiger partial charge in [-0.1, -0.05) is 19.1 Å². The van der Waals surface area contributed by atoms with Crippen LogP contribution >= 0.6 is 11.8 Å². The van der Waals surface area contributed by atoms with Gasteiger partial charge in [0, 0.05) is 23.7 Å². The van der Waals surface area contributed by atoms with Crippen LogP contribution in [0.3, 0.4) is 0 Å². The van der Waals surface area contributed by atoms with E-state index in [2.05, 4.69) is 31.2 Å². The molecule has 0 atom stereocenters. The molecule has 16 heavy (non-hydrogen) atoms. The number of benzene rings is 1. The Balaban J connectivity index is 2.68. The maximum Gasteiger partial charge on any atom is 0.183 e. The van der Waals surface area contributed by atoms with E-state index in [1.54, 1.807) is 0 Å². The van der Waals surface area contributed by atoms with E-state index in [1.165, 1.54) is 4.90 Å². The van der Waals surface area contributed by atoms with E-state index < -0.39 is 0 Å². The maximum atomic E-state index is 5.54. The van der Waals surface area contributed by atoms with Crippen molar-refractivity contribution in [3.8, 4) is 0 Å². The second-order valence-electron chi connectivity index (χ2n) is 3.24. The largest absolute Gasteiger partial charge is 0.349 e. The van der Waals surface area contributed by atoms with Crippen molar-refractivity contribution in [2.24, 2.45) is 0 Å². The molecule has 2 nitrogen and oxygen atoms in total. The first-order valence-electron chi connectivity index (χ1n) is 5.77. The quantitative estimate of drug-likeness (QED) is 0.532. The minimum Gasteiger partial charge on any atom is -0.349 e. The van der Waals surface area contributed by atoms with Crippen molar-refractivity contribution in [3.63, 3.8) is 0 Å². The molecule has 1 rings (SSSR count). The first kappa shape index (κ1) is 13.6. The molecule has 0 saturated carbocycles. The molecular weight excluding hydrogens is 220 g/mol. The molecule has 1 aromatic rings. The van der Waals surface area contributed by atoms with Crippen LogP contribution < -0.4 is 0 Å². The summed E-state index contributed by atoms with van der Waals surface area (Å²) >= 11 is 1.84. The Morgan fingerprint density at radius 1 is 1.00 bits per heavy atom. The van der Waals surface area contributed by atoms with E-state index in [4.69, 9.17) is 9.47 Å². The van der Waals surface area contributed by atoms with Crippen LogP contribution in [-0.2, 0) is 9.47 Å². The van der Waals surface area contributed by atoms with E-state index in [1.807, 2.05) is 25.6 Å². The van der Waals surface area contributed by atoms with Gasteiger partial charge >= 0.3 is 0 Å². The highest BCUT2D eigenvalue weighted by Gasteiger charge is 2.10. The fraction of sp³-hybridized carbons (Fsp3) is 0.538. The highest BCUT2D eigenvalue weighted by atomic mass is 32.2. The van der Waals surface area contributed by atoms with E-state index in [-0.39, 0.29) is 6.29 Å². The SMILES string of the molecule is CCOC(OCC)c1ccc(SCC)cc1. The third-order valence-corrected chi connectivity index (χ3v) is 2.99. The molecule has 90 valence electrons. The highest BCUT2D eigenvalue weighted by Crippen LogP contribution is 2.23. The Hall–Kier alpha value is -0.510. The van der Waals surface area contributed by atoms with E-state index in [0.717, 1.165) is 11.3 Å². The standard InChI is InChI=1S/C13H20O2S/c1-4-14-13(15-5-2)11-7-9-12(10-8-11)16-6-3/h7-10,13H,4-6H2,1-3H3. The summed E-state index contributed by atoms with van der Waals surface area (Å²) in [6, 6.07) is 8.39. The summed E-state index contributed by atoms with van der Waals surface area (Å²) < 4.78 is 11.1. The predicted octanol–water partition coefficient (Wildman–Crippen LogP) is 3.87. The molecule has 1 aromatic carbocycles. The Morgan fingerprint density at radius 2 is 1.56 bits per heavy atom. The second kappa shape index (κ2) is 7.71. The molecule has 0 radical (unpaired) electrons. The van der Waals surface area contributed by atoms with Crippen molar-refractivity contribution in [2.45, 2.75) is 32.0 Å². The topological polar surface area (TPSA) is 18.5 Å². The summed E-state index contributed by atoms with van der Waals surface area (Å²) in [6.45, 7) is 7.44. The average Bonchev–Trinajstić information content (AvgIpc) is 2.30. The number of hydrogen-bond donors (Lipinski definition) is 0. The number of rotatable bonds is 7. The molecule has 0 spiro atoms. The molecule has 0 bridgehead atoms. The lowest BCUT2D eigenvalue weighted by Crippen LogP contribution is -2.08. The molecule has 0 heterocycles. The zero-order valence-electron chi connectivity index (χ0n) is 10.2. The second-order valence-corrected chi connectivity index (χ2v) is 4.58. The molecule has 0 aliphatic rings. The van der Waals surface area contributed by atoms with Crippen LogP contribution in [-0.4, -0.2) is 19.0 Å². The summed E-state index contributed by atoms with van der Waals surface area (Å²) in [5.74, 6) is 1.10. The third-order valence-electron chi connectivity index (χ3n) is 2.10. The van der Waals surface area contributed by atoms with Gasteiger partial charge in [-0.3, -0.25) is 0 Å². The van der Waals surface area contributed by atoms with Gasteiger partial charge in [-0.2, -0.15) is 0 Å². The zero-order chi connectivity index (χ0) is 11.8. The van der Waals surface area contributed by atoms with Crippen molar-refractivity contribution >= 4 is 11.8 Å². The molecular formula is C13H20O2S. The third kappa shape index (κ3) is 4.16. The van der Waals surface area contributed by atoms with Crippen molar-refractivity contribution in [3.05, 3.63) is 29.8 Å². The fourth-order valence-corrected chi connectivity index (χ4v) is 2.09. The lowest BCUT2D eigenvalue weighted by Gasteiger charge is -2.17. The summed E-state index contributed by atoms with van der Waals surface area (Å²) in [6.07, 6.45) is -0.226. The van der Waals surface area contributed by atoms with E-state index in [9.17, 15) is 0 Å². The van der Waals surface area contributed by atoms with Crippen LogP contribution in [0.2, 0.25) is 0 Å². The van der Waals surface area contributed by atoms with Gasteiger partial charge in [-0.25, -0.2) is 0 Å². The molecule has 0 N–H and O–H groups in total. The molecule has 0 aliphatic heterocycles. The fourth-order valence-electron chi connectivity index (χ4n) is 1.43. The van der Waals surface area contributed by atoms with Gasteiger partial charge in [0.2, 0.25) is 0 Å². The van der Waals surface area contributed by atoms with Crippen LogP contribution in [0.15, 0.2) is 29.2 Å². The van der Waals surface area contributed by atoms with Crippen LogP contribution in [0.5, 0.6) is 0 Å². The van der Waals surface area contributed by atoms with Crippen LogP contribution in [0.25, 0.3) is 0 Å². The normalized spacial score (nSPS) is 11.0. The minimum absolute atomic E-state index is 0.226. The van der Waals surface area contributed by atoms with Crippen molar-refractivity contribution in [2.75, 3.05) is 19.0 Å². The lowest BCUT2D eigenvalue weighted by atomic mass is 10.2. The smallest absolute Gasteiger partial charge is 0.183 e. The maximum absolute atomic E-state index is 5.54. The number of ether oxygens (including phenoxy) is 2. The molecule has 3 heteroatoms. The molecule has 0 aromatic heterocycles. The van der Waals surface area contributed by atoms with Gasteiger partial charge < -0.3 is 9.47 Å². The Morgan fingerprint density at radius 3 is 2.00 bits per heavy atom. The molecule has 0 amide bonds. The Bertz CT molecular complexity index is 278. The Labute approximate surface area is 102 Å². The molecule has 0 unspecified atom stereocenters. The molecule has 0 aliphatic carbocycles. The van der Waals surface area contributed by atoms with Crippen LogP contribution in [0.1, 0.15) is 32.6 Å². The first-order valence-corrected chi connectivity index (χ1v) is 6.76. The zero-order valence-corrected chi connectivity index (χ0v) is 11.0. The van der Waals surface area contributed by atoms with Gasteiger partial charge in [-0.05, 0) is 31.7 Å². The highest BCUT2D eigenvalue weighted by molar-refractivity contribution is 7.99. The summed E-state index contributed by atoms with van der Waals surface area (Å²) in [7, 11) is 0.